The summed E-state index contributed by atoms with van der Waals surface area (Å²) in [5.41, 5.74) is 3.41. The molecule has 0 bridgehead atoms. The summed E-state index contributed by atoms with van der Waals surface area (Å²) < 4.78 is 0. The molecule has 2 heteroatoms. The standard InChI is InChI=1S/C7H14N2/c1-2-5-8-9-6-4-7(9)3-1/h7-8H,1-6H2. The first-order valence-corrected chi connectivity index (χ1v) is 3.97. The SMILES string of the molecule is C1CCC2CCN2NC1. The Kier molecular flexibility index (Phi) is 1.44. The number of hydrogen-bond acceptors (Lipinski definition) is 2. The highest BCUT2D eigenvalue weighted by molar-refractivity contribution is 4.81. The van der Waals surface area contributed by atoms with Crippen LogP contribution < -0.4 is 5.43 Å². The Morgan fingerprint density at radius 3 is 3.00 bits per heavy atom. The first kappa shape index (κ1) is 5.69. The highest BCUT2D eigenvalue weighted by Gasteiger charge is 2.28. The molecule has 0 spiro atoms. The van der Waals surface area contributed by atoms with Gasteiger partial charge in [-0.1, -0.05) is 6.42 Å². The maximum atomic E-state index is 3.41. The third kappa shape index (κ3) is 0.970. The Bertz CT molecular complexity index is 91.1. The minimum absolute atomic E-state index is 0.896. The van der Waals surface area contributed by atoms with Crippen molar-refractivity contribution in [2.45, 2.75) is 31.7 Å². The van der Waals surface area contributed by atoms with Gasteiger partial charge in [0.2, 0.25) is 0 Å². The third-order valence-electron chi connectivity index (χ3n) is 2.42. The van der Waals surface area contributed by atoms with Crippen molar-refractivity contribution in [3.05, 3.63) is 0 Å². The van der Waals surface area contributed by atoms with Gasteiger partial charge in [0.15, 0.2) is 0 Å². The lowest BCUT2D eigenvalue weighted by atomic mass is 10.0. The lowest BCUT2D eigenvalue weighted by Gasteiger charge is -2.39. The Morgan fingerprint density at radius 1 is 1.22 bits per heavy atom. The zero-order valence-corrected chi connectivity index (χ0v) is 5.77. The zero-order valence-electron chi connectivity index (χ0n) is 5.77. The van der Waals surface area contributed by atoms with Gasteiger partial charge in [0, 0.05) is 19.1 Å². The van der Waals surface area contributed by atoms with E-state index in [-0.39, 0.29) is 0 Å². The number of nitrogens with one attached hydrogen (secondary N) is 1. The summed E-state index contributed by atoms with van der Waals surface area (Å²) in [7, 11) is 0. The Morgan fingerprint density at radius 2 is 2.22 bits per heavy atom. The van der Waals surface area contributed by atoms with Crippen molar-refractivity contribution >= 4 is 0 Å². The quantitative estimate of drug-likeness (QED) is 0.515. The molecule has 9 heavy (non-hydrogen) atoms. The van der Waals surface area contributed by atoms with Crippen LogP contribution in [0.5, 0.6) is 0 Å². The largest absolute Gasteiger partial charge is 0.255 e. The van der Waals surface area contributed by atoms with Gasteiger partial charge >= 0.3 is 0 Å². The molecule has 52 valence electrons. The highest BCUT2D eigenvalue weighted by Crippen LogP contribution is 2.21. The van der Waals surface area contributed by atoms with Gasteiger partial charge < -0.3 is 0 Å². The molecule has 2 heterocycles. The van der Waals surface area contributed by atoms with Crippen molar-refractivity contribution in [1.82, 2.24) is 10.4 Å². The fourth-order valence-electron chi connectivity index (χ4n) is 1.68. The average molecular weight is 126 g/mol. The minimum Gasteiger partial charge on any atom is -0.255 e. The summed E-state index contributed by atoms with van der Waals surface area (Å²) >= 11 is 0. The molecule has 2 fully saturated rings. The van der Waals surface area contributed by atoms with E-state index in [2.05, 4.69) is 10.4 Å². The molecule has 1 N–H and O–H groups in total. The van der Waals surface area contributed by atoms with E-state index in [0.29, 0.717) is 0 Å². The summed E-state index contributed by atoms with van der Waals surface area (Å²) in [4.78, 5) is 0. The van der Waals surface area contributed by atoms with Gasteiger partial charge in [-0.15, -0.1) is 0 Å². The van der Waals surface area contributed by atoms with Gasteiger partial charge in [0.1, 0.15) is 0 Å². The topological polar surface area (TPSA) is 15.3 Å². The van der Waals surface area contributed by atoms with E-state index in [1.54, 1.807) is 0 Å². The Labute approximate surface area is 56.2 Å². The van der Waals surface area contributed by atoms with Crippen LogP contribution in [0.3, 0.4) is 0 Å². The fraction of sp³-hybridized carbons (Fsp3) is 1.00. The monoisotopic (exact) mass is 126 g/mol. The second kappa shape index (κ2) is 2.27. The Hall–Kier alpha value is -0.0800. The van der Waals surface area contributed by atoms with Gasteiger partial charge in [-0.2, -0.15) is 0 Å². The molecule has 1 atom stereocenters. The predicted molar refractivity (Wildman–Crippen MR) is 37.0 cm³/mol. The lowest BCUT2D eigenvalue weighted by molar-refractivity contribution is 0.0390. The molecule has 1 unspecified atom stereocenters. The zero-order chi connectivity index (χ0) is 6.10. The average Bonchev–Trinajstić information content (AvgIpc) is 1.94. The van der Waals surface area contributed by atoms with Gasteiger partial charge in [0.05, 0.1) is 0 Å². The number of fused-ring (bicyclic) bond motifs is 1. The smallest absolute Gasteiger partial charge is 0.0256 e. The molecular formula is C7H14N2. The van der Waals surface area contributed by atoms with E-state index < -0.39 is 0 Å². The van der Waals surface area contributed by atoms with E-state index in [9.17, 15) is 0 Å². The van der Waals surface area contributed by atoms with Crippen LogP contribution >= 0.6 is 0 Å². The molecule has 2 rings (SSSR count). The van der Waals surface area contributed by atoms with Crippen molar-refractivity contribution in [1.29, 1.82) is 0 Å². The van der Waals surface area contributed by atoms with Gasteiger partial charge in [-0.3, -0.25) is 5.43 Å². The van der Waals surface area contributed by atoms with E-state index in [0.717, 1.165) is 6.04 Å². The molecule has 0 aromatic carbocycles. The van der Waals surface area contributed by atoms with E-state index in [1.807, 2.05) is 0 Å². The maximum Gasteiger partial charge on any atom is 0.0256 e. The van der Waals surface area contributed by atoms with Crippen LogP contribution in [0.25, 0.3) is 0 Å². The van der Waals surface area contributed by atoms with Gasteiger partial charge in [-0.25, -0.2) is 5.01 Å². The van der Waals surface area contributed by atoms with Gasteiger partial charge in [0.25, 0.3) is 0 Å². The predicted octanol–water partition coefficient (Wildman–Crippen LogP) is 0.749. The van der Waals surface area contributed by atoms with Crippen LogP contribution in [0.15, 0.2) is 0 Å². The van der Waals surface area contributed by atoms with Crippen molar-refractivity contribution in [2.75, 3.05) is 13.1 Å². The number of hydrazine groups is 1. The van der Waals surface area contributed by atoms with Crippen molar-refractivity contribution in [3.63, 3.8) is 0 Å². The molecule has 0 saturated carbocycles. The molecule has 2 saturated heterocycles. The number of nitrogens with zero attached hydrogens (tertiary/aromatic N) is 1. The van der Waals surface area contributed by atoms with Crippen molar-refractivity contribution in [3.8, 4) is 0 Å². The van der Waals surface area contributed by atoms with Crippen LogP contribution in [-0.2, 0) is 0 Å². The molecular weight excluding hydrogens is 112 g/mol. The van der Waals surface area contributed by atoms with E-state index in [1.165, 1.54) is 38.8 Å². The minimum atomic E-state index is 0.896. The summed E-state index contributed by atoms with van der Waals surface area (Å²) in [6.45, 7) is 2.49. The molecule has 2 aliphatic heterocycles. The number of rotatable bonds is 0. The normalized spacial score (nSPS) is 36.7. The van der Waals surface area contributed by atoms with Crippen molar-refractivity contribution < 1.29 is 0 Å². The van der Waals surface area contributed by atoms with Crippen molar-refractivity contribution in [2.24, 2.45) is 0 Å². The summed E-state index contributed by atoms with van der Waals surface area (Å²) in [6.07, 6.45) is 5.64. The number of hydrogen-bond donors (Lipinski definition) is 1. The summed E-state index contributed by atoms with van der Waals surface area (Å²) in [6, 6.07) is 0.896. The summed E-state index contributed by atoms with van der Waals surface area (Å²) in [5, 5.41) is 2.40. The second-order valence-corrected chi connectivity index (χ2v) is 3.04. The second-order valence-electron chi connectivity index (χ2n) is 3.04. The maximum absolute atomic E-state index is 3.41. The van der Waals surface area contributed by atoms with Crippen LogP contribution in [0.4, 0.5) is 0 Å². The fourth-order valence-corrected chi connectivity index (χ4v) is 1.68. The van der Waals surface area contributed by atoms with Crippen LogP contribution in [0.1, 0.15) is 25.7 Å². The molecule has 0 aliphatic carbocycles. The first-order chi connectivity index (χ1) is 4.47. The van der Waals surface area contributed by atoms with Crippen LogP contribution in [-0.4, -0.2) is 24.1 Å². The third-order valence-corrected chi connectivity index (χ3v) is 2.42. The molecule has 0 aromatic rings. The highest BCUT2D eigenvalue weighted by atomic mass is 15.5. The van der Waals surface area contributed by atoms with E-state index >= 15 is 0 Å². The molecule has 0 radical (unpaired) electrons. The van der Waals surface area contributed by atoms with E-state index in [4.69, 9.17) is 0 Å². The van der Waals surface area contributed by atoms with Crippen LogP contribution in [0, 0.1) is 0 Å². The summed E-state index contributed by atoms with van der Waals surface area (Å²) in [5.74, 6) is 0. The molecule has 0 aromatic heterocycles. The lowest BCUT2D eigenvalue weighted by Crippen LogP contribution is -2.54. The molecule has 0 amide bonds. The molecule has 2 aliphatic rings. The van der Waals surface area contributed by atoms with Gasteiger partial charge in [-0.05, 0) is 19.3 Å². The first-order valence-electron chi connectivity index (χ1n) is 3.97. The van der Waals surface area contributed by atoms with Crippen LogP contribution in [0.2, 0.25) is 0 Å². The molecule has 2 nitrogen and oxygen atoms in total. The Balaban J connectivity index is 1.90.